The smallest absolute Gasteiger partial charge is 0.276 e. The Bertz CT molecular complexity index is 1200. The summed E-state index contributed by atoms with van der Waals surface area (Å²) in [5, 5.41) is 7.16. The zero-order chi connectivity index (χ0) is 20.2. The fraction of sp³-hybridized carbons (Fsp3) is 0.143. The number of aryl methyl sites for hydroxylation is 1. The molecular weight excluding hydrogens is 373 g/mol. The van der Waals surface area contributed by atoms with Gasteiger partial charge in [-0.15, -0.1) is 0 Å². The van der Waals surface area contributed by atoms with Crippen LogP contribution in [-0.4, -0.2) is 25.1 Å². The third-order valence-electron chi connectivity index (χ3n) is 4.52. The lowest BCUT2D eigenvalue weighted by Crippen LogP contribution is -2.27. The van der Waals surface area contributed by atoms with E-state index in [9.17, 15) is 14.0 Å². The molecule has 7 nitrogen and oxygen atoms in total. The second kappa shape index (κ2) is 8.05. The lowest BCUT2D eigenvalue weighted by Gasteiger charge is -2.07. The van der Waals surface area contributed by atoms with E-state index < -0.39 is 0 Å². The minimum atomic E-state index is -0.332. The highest BCUT2D eigenvalue weighted by molar-refractivity contribution is 5.75. The Morgan fingerprint density at radius 2 is 1.93 bits per heavy atom. The van der Waals surface area contributed by atoms with Crippen molar-refractivity contribution in [3.8, 4) is 11.3 Å². The first-order valence-electron chi connectivity index (χ1n) is 9.11. The molecular formula is C21H18FN5O2. The molecule has 0 bridgehead atoms. The molecule has 0 aliphatic carbocycles. The van der Waals surface area contributed by atoms with Gasteiger partial charge in [-0.05, 0) is 42.5 Å². The Balaban J connectivity index is 1.45. The fourth-order valence-electron chi connectivity index (χ4n) is 2.97. The molecule has 0 saturated carbocycles. The van der Waals surface area contributed by atoms with Crippen molar-refractivity contribution in [1.82, 2.24) is 24.5 Å². The molecule has 0 aliphatic rings. The molecule has 4 rings (SSSR count). The zero-order valence-electron chi connectivity index (χ0n) is 15.5. The van der Waals surface area contributed by atoms with Crippen molar-refractivity contribution < 1.29 is 9.18 Å². The molecule has 1 N–H and O–H groups in total. The number of nitrogens with zero attached hydrogens (tertiary/aromatic N) is 4. The van der Waals surface area contributed by atoms with Crippen LogP contribution in [0.15, 0.2) is 71.9 Å². The van der Waals surface area contributed by atoms with E-state index in [2.05, 4.69) is 15.4 Å². The van der Waals surface area contributed by atoms with Gasteiger partial charge >= 0.3 is 0 Å². The molecule has 0 fully saturated rings. The first-order valence-corrected chi connectivity index (χ1v) is 9.11. The first kappa shape index (κ1) is 18.5. The van der Waals surface area contributed by atoms with Gasteiger partial charge < -0.3 is 9.88 Å². The number of rotatable bonds is 6. The lowest BCUT2D eigenvalue weighted by atomic mass is 10.1. The van der Waals surface area contributed by atoms with E-state index in [-0.39, 0.29) is 30.2 Å². The summed E-state index contributed by atoms with van der Waals surface area (Å²) in [6.45, 7) is 0.595. The molecule has 0 spiro atoms. The van der Waals surface area contributed by atoms with Crippen molar-refractivity contribution in [1.29, 1.82) is 0 Å². The summed E-state index contributed by atoms with van der Waals surface area (Å²) in [5.41, 5.74) is 2.21. The summed E-state index contributed by atoms with van der Waals surface area (Å²) in [4.78, 5) is 28.9. The number of carbonyl (C=O) groups excluding carboxylic acids is 1. The molecule has 0 unspecified atom stereocenters. The van der Waals surface area contributed by atoms with Crippen LogP contribution in [0.1, 0.15) is 12.1 Å². The van der Waals surface area contributed by atoms with Crippen LogP contribution in [0.5, 0.6) is 0 Å². The highest BCUT2D eigenvalue weighted by atomic mass is 19.1. The van der Waals surface area contributed by atoms with Gasteiger partial charge in [0.15, 0.2) is 0 Å². The van der Waals surface area contributed by atoms with E-state index in [0.717, 1.165) is 11.3 Å². The summed E-state index contributed by atoms with van der Waals surface area (Å²) in [6, 6.07) is 13.1. The molecule has 3 heterocycles. The quantitative estimate of drug-likeness (QED) is 0.547. The molecule has 0 saturated heterocycles. The van der Waals surface area contributed by atoms with Gasteiger partial charge in [-0.3, -0.25) is 14.6 Å². The molecule has 0 radical (unpaired) electrons. The van der Waals surface area contributed by atoms with Crippen molar-refractivity contribution in [2.45, 2.75) is 19.5 Å². The minimum Gasteiger partial charge on any atom is -0.350 e. The number of benzene rings is 1. The van der Waals surface area contributed by atoms with Crippen LogP contribution >= 0.6 is 0 Å². The number of fused-ring (bicyclic) bond motifs is 1. The van der Waals surface area contributed by atoms with Crippen molar-refractivity contribution in [3.05, 3.63) is 89.0 Å². The second-order valence-electron chi connectivity index (χ2n) is 6.51. The zero-order valence-corrected chi connectivity index (χ0v) is 15.5. The van der Waals surface area contributed by atoms with Crippen LogP contribution in [0.4, 0.5) is 4.39 Å². The monoisotopic (exact) mass is 391 g/mol. The van der Waals surface area contributed by atoms with Gasteiger partial charge in [0.1, 0.15) is 11.3 Å². The van der Waals surface area contributed by atoms with Gasteiger partial charge in [-0.25, -0.2) is 8.91 Å². The summed E-state index contributed by atoms with van der Waals surface area (Å²) < 4.78 is 16.1. The number of hydrogen-bond acceptors (Lipinski definition) is 4. The average Bonchev–Trinajstić information content (AvgIpc) is 3.18. The van der Waals surface area contributed by atoms with Crippen LogP contribution < -0.4 is 10.9 Å². The normalized spacial score (nSPS) is 10.9. The van der Waals surface area contributed by atoms with Crippen molar-refractivity contribution >= 4 is 11.4 Å². The van der Waals surface area contributed by atoms with Crippen LogP contribution in [0, 0.1) is 5.82 Å². The minimum absolute atomic E-state index is 0.164. The molecule has 1 aromatic carbocycles. The number of nitrogens with one attached hydrogen (secondary N) is 1. The number of aromatic nitrogens is 4. The van der Waals surface area contributed by atoms with E-state index in [4.69, 9.17) is 0 Å². The number of amides is 1. The van der Waals surface area contributed by atoms with Crippen LogP contribution in [0.3, 0.4) is 0 Å². The number of halogens is 1. The maximum atomic E-state index is 13.1. The largest absolute Gasteiger partial charge is 0.350 e. The van der Waals surface area contributed by atoms with Gasteiger partial charge in [0.05, 0.1) is 17.9 Å². The van der Waals surface area contributed by atoms with Crippen molar-refractivity contribution in [3.63, 3.8) is 0 Å². The SMILES string of the molecule is O=C(CCn1ccn2nc(-c3ccc(F)cc3)cc2c1=O)NCc1ccccn1. The maximum Gasteiger partial charge on any atom is 0.276 e. The number of hydrogen-bond donors (Lipinski definition) is 1. The van der Waals surface area contributed by atoms with Crippen LogP contribution in [0.25, 0.3) is 16.8 Å². The van der Waals surface area contributed by atoms with E-state index in [0.29, 0.717) is 17.8 Å². The summed E-state index contributed by atoms with van der Waals surface area (Å²) in [5.74, 6) is -0.496. The highest BCUT2D eigenvalue weighted by Gasteiger charge is 2.10. The van der Waals surface area contributed by atoms with Gasteiger partial charge in [-0.2, -0.15) is 5.10 Å². The Morgan fingerprint density at radius 3 is 2.69 bits per heavy atom. The first-order chi connectivity index (χ1) is 14.1. The van der Waals surface area contributed by atoms with Crippen molar-refractivity contribution in [2.24, 2.45) is 0 Å². The van der Waals surface area contributed by atoms with E-state index in [1.54, 1.807) is 36.8 Å². The van der Waals surface area contributed by atoms with Gasteiger partial charge in [-0.1, -0.05) is 6.07 Å². The average molecular weight is 391 g/mol. The Hall–Kier alpha value is -3.81. The third-order valence-corrected chi connectivity index (χ3v) is 4.52. The highest BCUT2D eigenvalue weighted by Crippen LogP contribution is 2.18. The predicted octanol–water partition coefficient (Wildman–Crippen LogP) is 2.40. The maximum absolute atomic E-state index is 13.1. The predicted molar refractivity (Wildman–Crippen MR) is 106 cm³/mol. The molecule has 3 aromatic heterocycles. The topological polar surface area (TPSA) is 81.3 Å². The Kier molecular flexibility index (Phi) is 5.15. The number of pyridine rings is 1. The van der Waals surface area contributed by atoms with E-state index >= 15 is 0 Å². The van der Waals surface area contributed by atoms with Crippen molar-refractivity contribution in [2.75, 3.05) is 0 Å². The fourth-order valence-corrected chi connectivity index (χ4v) is 2.97. The van der Waals surface area contributed by atoms with E-state index in [1.807, 2.05) is 18.2 Å². The summed E-state index contributed by atoms with van der Waals surface area (Å²) >= 11 is 0. The Labute approximate surface area is 165 Å². The van der Waals surface area contributed by atoms with Gasteiger partial charge in [0.2, 0.25) is 5.91 Å². The third kappa shape index (κ3) is 4.21. The molecule has 29 heavy (non-hydrogen) atoms. The van der Waals surface area contributed by atoms with Crippen LogP contribution in [0.2, 0.25) is 0 Å². The molecule has 1 amide bonds. The van der Waals surface area contributed by atoms with E-state index in [1.165, 1.54) is 21.2 Å². The summed E-state index contributed by atoms with van der Waals surface area (Å²) in [6.07, 6.45) is 5.10. The standard InChI is InChI=1S/C21H18FN5O2/c22-16-6-4-15(5-7-16)18-13-19-21(29)26(11-12-27(19)25-18)10-8-20(28)24-14-17-3-1-2-9-23-17/h1-7,9,11-13H,8,10,14H2,(H,24,28). The molecule has 0 aliphatic heterocycles. The van der Waals surface area contributed by atoms with Crippen LogP contribution in [-0.2, 0) is 17.9 Å². The second-order valence-corrected chi connectivity index (χ2v) is 6.51. The Morgan fingerprint density at radius 1 is 1.10 bits per heavy atom. The van der Waals surface area contributed by atoms with Gasteiger partial charge in [0.25, 0.3) is 5.56 Å². The van der Waals surface area contributed by atoms with Gasteiger partial charge in [0, 0.05) is 37.1 Å². The summed E-state index contributed by atoms with van der Waals surface area (Å²) in [7, 11) is 0. The molecule has 0 atom stereocenters. The number of carbonyl (C=O) groups is 1. The molecule has 4 aromatic rings. The molecule has 8 heteroatoms. The lowest BCUT2D eigenvalue weighted by molar-refractivity contribution is -0.121. The molecule has 146 valence electrons.